The molecule has 0 saturated carbocycles. The predicted octanol–water partition coefficient (Wildman–Crippen LogP) is 2.37. The van der Waals surface area contributed by atoms with Crippen LogP contribution >= 0.6 is 0 Å². The number of nitro benzene ring substituents is 1. The quantitative estimate of drug-likeness (QED) is 0.659. The van der Waals surface area contributed by atoms with Gasteiger partial charge in [-0.25, -0.2) is 4.39 Å². The van der Waals surface area contributed by atoms with Gasteiger partial charge in [0.15, 0.2) is 0 Å². The van der Waals surface area contributed by atoms with Crippen molar-refractivity contribution in [2.24, 2.45) is 0 Å². The molecule has 1 aliphatic rings. The number of hydrogen-bond acceptors (Lipinski definition) is 4. The number of benzene rings is 2. The topological polar surface area (TPSA) is 84.3 Å². The highest BCUT2D eigenvalue weighted by Gasteiger charge is 2.25. The second kappa shape index (κ2) is 5.53. The first kappa shape index (κ1) is 14.2. The van der Waals surface area contributed by atoms with Gasteiger partial charge in [0, 0.05) is 17.3 Å². The standard InChI is InChI=1S/C15H12FN3O3/c16-12-7-9(19(21)22)5-6-10(12)15-11-3-1-2-4-13(11)18-14(20)8-17-15/h1-7,15,17H,8H2,(H,18,20). The van der Waals surface area contributed by atoms with Crippen molar-refractivity contribution < 1.29 is 14.1 Å². The summed E-state index contributed by atoms with van der Waals surface area (Å²) in [6.07, 6.45) is 0. The molecular weight excluding hydrogens is 289 g/mol. The van der Waals surface area contributed by atoms with Crippen molar-refractivity contribution in [3.8, 4) is 0 Å². The minimum absolute atomic E-state index is 0.0236. The molecule has 1 aliphatic heterocycles. The van der Waals surface area contributed by atoms with E-state index in [1.807, 2.05) is 0 Å². The second-order valence-electron chi connectivity index (χ2n) is 4.91. The number of hydrogen-bond donors (Lipinski definition) is 2. The molecule has 112 valence electrons. The van der Waals surface area contributed by atoms with Gasteiger partial charge in [0.2, 0.25) is 5.91 Å². The summed E-state index contributed by atoms with van der Waals surface area (Å²) < 4.78 is 14.3. The number of para-hydroxylation sites is 1. The lowest BCUT2D eigenvalue weighted by atomic mass is 9.96. The third kappa shape index (κ3) is 2.53. The van der Waals surface area contributed by atoms with Gasteiger partial charge in [-0.3, -0.25) is 20.2 Å². The first-order valence-corrected chi connectivity index (χ1v) is 6.62. The molecule has 0 saturated heterocycles. The van der Waals surface area contributed by atoms with Crippen LogP contribution in [0.15, 0.2) is 42.5 Å². The number of amides is 1. The average Bonchev–Trinajstić information content (AvgIpc) is 2.65. The minimum atomic E-state index is -0.684. The maximum atomic E-state index is 14.3. The van der Waals surface area contributed by atoms with Crippen molar-refractivity contribution in [2.45, 2.75) is 6.04 Å². The van der Waals surface area contributed by atoms with Crippen LogP contribution in [0.3, 0.4) is 0 Å². The van der Waals surface area contributed by atoms with E-state index in [4.69, 9.17) is 0 Å². The molecule has 2 aromatic rings. The maximum Gasteiger partial charge on any atom is 0.272 e. The molecule has 1 unspecified atom stereocenters. The highest BCUT2D eigenvalue weighted by molar-refractivity contribution is 5.94. The summed E-state index contributed by atoms with van der Waals surface area (Å²) in [5.74, 6) is -0.909. The normalized spacial score (nSPS) is 17.3. The van der Waals surface area contributed by atoms with Crippen molar-refractivity contribution in [1.82, 2.24) is 5.32 Å². The zero-order valence-corrected chi connectivity index (χ0v) is 11.4. The minimum Gasteiger partial charge on any atom is -0.325 e. The van der Waals surface area contributed by atoms with E-state index in [0.717, 1.165) is 6.07 Å². The van der Waals surface area contributed by atoms with Gasteiger partial charge < -0.3 is 5.32 Å². The number of nitrogens with zero attached hydrogens (tertiary/aromatic N) is 1. The Balaban J connectivity index is 2.08. The molecule has 22 heavy (non-hydrogen) atoms. The molecule has 0 fully saturated rings. The van der Waals surface area contributed by atoms with Gasteiger partial charge in [-0.05, 0) is 17.7 Å². The maximum absolute atomic E-state index is 14.3. The van der Waals surface area contributed by atoms with Crippen molar-refractivity contribution in [3.63, 3.8) is 0 Å². The molecule has 2 aromatic carbocycles. The van der Waals surface area contributed by atoms with Gasteiger partial charge in [0.25, 0.3) is 5.69 Å². The molecule has 0 radical (unpaired) electrons. The van der Waals surface area contributed by atoms with Crippen LogP contribution in [0.4, 0.5) is 15.8 Å². The first-order valence-electron chi connectivity index (χ1n) is 6.62. The third-order valence-corrected chi connectivity index (χ3v) is 3.52. The van der Waals surface area contributed by atoms with Gasteiger partial charge in [0.1, 0.15) is 5.82 Å². The lowest BCUT2D eigenvalue weighted by Gasteiger charge is -2.18. The Morgan fingerprint density at radius 3 is 2.68 bits per heavy atom. The third-order valence-electron chi connectivity index (χ3n) is 3.52. The van der Waals surface area contributed by atoms with Crippen LogP contribution in [-0.2, 0) is 4.79 Å². The van der Waals surface area contributed by atoms with Crippen molar-refractivity contribution in [2.75, 3.05) is 11.9 Å². The molecule has 1 amide bonds. The highest BCUT2D eigenvalue weighted by Crippen LogP contribution is 2.32. The zero-order chi connectivity index (χ0) is 15.7. The summed E-state index contributed by atoms with van der Waals surface area (Å²) in [5.41, 5.74) is 1.26. The molecule has 0 bridgehead atoms. The van der Waals surface area contributed by atoms with Crippen LogP contribution in [0.25, 0.3) is 0 Å². The van der Waals surface area contributed by atoms with E-state index in [9.17, 15) is 19.3 Å². The van der Waals surface area contributed by atoms with E-state index in [1.165, 1.54) is 12.1 Å². The largest absolute Gasteiger partial charge is 0.325 e. The monoisotopic (exact) mass is 301 g/mol. The fraction of sp³-hybridized carbons (Fsp3) is 0.133. The molecule has 0 aliphatic carbocycles. The summed E-state index contributed by atoms with van der Waals surface area (Å²) in [5, 5.41) is 16.4. The molecule has 2 N–H and O–H groups in total. The van der Waals surface area contributed by atoms with E-state index in [0.29, 0.717) is 11.3 Å². The first-order chi connectivity index (χ1) is 10.6. The Labute approximate surface area is 125 Å². The molecule has 1 heterocycles. The smallest absolute Gasteiger partial charge is 0.272 e. The lowest BCUT2D eigenvalue weighted by molar-refractivity contribution is -0.385. The Hall–Kier alpha value is -2.80. The molecule has 1 atom stereocenters. The van der Waals surface area contributed by atoms with E-state index in [2.05, 4.69) is 10.6 Å². The van der Waals surface area contributed by atoms with Crippen LogP contribution < -0.4 is 10.6 Å². The summed E-state index contributed by atoms with van der Waals surface area (Å²) in [4.78, 5) is 21.8. The van der Waals surface area contributed by atoms with Gasteiger partial charge >= 0.3 is 0 Å². The summed E-state index contributed by atoms with van der Waals surface area (Å²) in [6.45, 7) is 0.0236. The van der Waals surface area contributed by atoms with E-state index >= 15 is 0 Å². The van der Waals surface area contributed by atoms with Gasteiger partial charge in [-0.15, -0.1) is 0 Å². The average molecular weight is 301 g/mol. The Kier molecular flexibility index (Phi) is 3.56. The van der Waals surface area contributed by atoms with E-state index in [1.54, 1.807) is 24.3 Å². The Bertz CT molecular complexity index is 763. The Morgan fingerprint density at radius 2 is 1.95 bits per heavy atom. The molecular formula is C15H12FN3O3. The fourth-order valence-corrected chi connectivity index (χ4v) is 2.50. The van der Waals surface area contributed by atoms with Crippen LogP contribution in [0.5, 0.6) is 0 Å². The number of fused-ring (bicyclic) bond motifs is 1. The van der Waals surface area contributed by atoms with Crippen LogP contribution in [0.1, 0.15) is 17.2 Å². The summed E-state index contributed by atoms with van der Waals surface area (Å²) in [6, 6.07) is 10.0. The predicted molar refractivity (Wildman–Crippen MR) is 78.0 cm³/mol. The van der Waals surface area contributed by atoms with Gasteiger partial charge in [0.05, 0.1) is 23.6 Å². The fourth-order valence-electron chi connectivity index (χ4n) is 2.50. The van der Waals surface area contributed by atoms with E-state index in [-0.39, 0.29) is 23.7 Å². The van der Waals surface area contributed by atoms with E-state index < -0.39 is 16.8 Å². The summed E-state index contributed by atoms with van der Waals surface area (Å²) in [7, 11) is 0. The van der Waals surface area contributed by atoms with Crippen molar-refractivity contribution in [3.05, 3.63) is 69.5 Å². The van der Waals surface area contributed by atoms with Crippen molar-refractivity contribution >= 4 is 17.3 Å². The number of non-ortho nitro benzene ring substituents is 1. The number of nitrogens with one attached hydrogen (secondary N) is 2. The molecule has 0 aromatic heterocycles. The number of rotatable bonds is 2. The lowest BCUT2D eigenvalue weighted by Crippen LogP contribution is -2.28. The van der Waals surface area contributed by atoms with Crippen molar-refractivity contribution in [1.29, 1.82) is 0 Å². The van der Waals surface area contributed by atoms with Gasteiger partial charge in [-0.1, -0.05) is 18.2 Å². The van der Waals surface area contributed by atoms with Gasteiger partial charge in [-0.2, -0.15) is 0 Å². The molecule has 3 rings (SSSR count). The Morgan fingerprint density at radius 1 is 1.18 bits per heavy atom. The number of carbonyl (C=O) groups is 1. The summed E-state index contributed by atoms with van der Waals surface area (Å²) >= 11 is 0. The molecule has 6 nitrogen and oxygen atoms in total. The SMILES string of the molecule is O=C1CNC(c2ccc([N+](=O)[O-])cc2F)c2ccccc2N1. The van der Waals surface area contributed by atoms with Crippen LogP contribution in [-0.4, -0.2) is 17.4 Å². The number of nitro groups is 1. The highest BCUT2D eigenvalue weighted by atomic mass is 19.1. The number of halogens is 1. The zero-order valence-electron chi connectivity index (χ0n) is 11.4. The molecule has 7 heteroatoms. The van der Waals surface area contributed by atoms with Crippen LogP contribution in [0.2, 0.25) is 0 Å². The van der Waals surface area contributed by atoms with Crippen LogP contribution in [0, 0.1) is 15.9 Å². The second-order valence-corrected chi connectivity index (χ2v) is 4.91. The number of carbonyl (C=O) groups excluding carboxylic acids is 1. The number of anilines is 1. The molecule has 0 spiro atoms.